The molecule has 0 N–H and O–H groups in total. The molecule has 0 radical (unpaired) electrons. The van der Waals surface area contributed by atoms with Crippen molar-refractivity contribution in [1.29, 1.82) is 0 Å². The number of hydrogen-bond donors (Lipinski definition) is 0. The zero-order valence-corrected chi connectivity index (χ0v) is 9.96. The average molecular weight is 254 g/mol. The Morgan fingerprint density at radius 1 is 1.18 bits per heavy atom. The largest absolute Gasteiger partial charge is 0.274 e. The smallest absolute Gasteiger partial charge is 0.243 e. The molecule has 1 aliphatic carbocycles. The highest BCUT2D eigenvalue weighted by Gasteiger charge is 2.50. The molecule has 0 aromatic rings. The van der Waals surface area contributed by atoms with Crippen LogP contribution in [0.1, 0.15) is 33.6 Å². The van der Waals surface area contributed by atoms with Gasteiger partial charge in [-0.15, -0.1) is 0 Å². The Hall–Kier alpha value is -0.870. The summed E-state index contributed by atoms with van der Waals surface area (Å²) in [5, 5.41) is 0. The van der Waals surface area contributed by atoms with Crippen LogP contribution in [-0.4, -0.2) is 18.0 Å². The molecule has 1 aliphatic rings. The lowest BCUT2D eigenvalue weighted by atomic mass is 9.81. The summed E-state index contributed by atoms with van der Waals surface area (Å²) >= 11 is 0. The predicted octanol–water partition coefficient (Wildman–Crippen LogP) is 4.67. The lowest BCUT2D eigenvalue weighted by Crippen LogP contribution is -2.36. The second kappa shape index (κ2) is 4.42. The predicted molar refractivity (Wildman–Crippen MR) is 56.2 cm³/mol. The van der Waals surface area contributed by atoms with Crippen molar-refractivity contribution in [3.63, 3.8) is 0 Å². The molecule has 0 fully saturated rings. The number of rotatable bonds is 2. The Balaban J connectivity index is 3.41. The zero-order valence-electron chi connectivity index (χ0n) is 9.96. The lowest BCUT2D eigenvalue weighted by molar-refractivity contribution is -0.0469. The van der Waals surface area contributed by atoms with Gasteiger partial charge in [0.25, 0.3) is 11.8 Å². The van der Waals surface area contributed by atoms with Gasteiger partial charge in [0.15, 0.2) is 0 Å². The SMILES string of the molecule is C/C=C(\C1=C(C)C(F)(F)CCC1(F)F)C(C)F. The highest BCUT2D eigenvalue weighted by molar-refractivity contribution is 5.45. The maximum absolute atomic E-state index is 13.7. The van der Waals surface area contributed by atoms with Crippen LogP contribution in [0.3, 0.4) is 0 Å². The minimum absolute atomic E-state index is 0.341. The van der Waals surface area contributed by atoms with Gasteiger partial charge in [0.05, 0.1) is 0 Å². The average Bonchev–Trinajstić information content (AvgIpc) is 2.19. The standard InChI is InChI=1S/C12H15F5/c1-4-9(8(3)13)10-7(2)11(14,15)5-6-12(10,16)17/h4,8H,5-6H2,1-3H3/b9-4-. The van der Waals surface area contributed by atoms with Gasteiger partial charge in [-0.1, -0.05) is 6.08 Å². The molecule has 98 valence electrons. The molecule has 1 unspecified atom stereocenters. The topological polar surface area (TPSA) is 0 Å². The molecule has 0 heterocycles. The second-order valence-corrected chi connectivity index (χ2v) is 4.27. The van der Waals surface area contributed by atoms with Crippen molar-refractivity contribution >= 4 is 0 Å². The van der Waals surface area contributed by atoms with Gasteiger partial charge in [0, 0.05) is 24.0 Å². The minimum Gasteiger partial charge on any atom is -0.243 e. The first-order valence-corrected chi connectivity index (χ1v) is 5.41. The van der Waals surface area contributed by atoms with E-state index in [4.69, 9.17) is 0 Å². The monoisotopic (exact) mass is 254 g/mol. The first-order chi connectivity index (χ1) is 7.63. The molecule has 0 amide bonds. The van der Waals surface area contributed by atoms with Crippen LogP contribution in [0.5, 0.6) is 0 Å². The third kappa shape index (κ3) is 2.53. The van der Waals surface area contributed by atoms with Crippen molar-refractivity contribution in [3.05, 3.63) is 22.8 Å². The molecule has 0 saturated carbocycles. The van der Waals surface area contributed by atoms with Crippen LogP contribution in [-0.2, 0) is 0 Å². The van der Waals surface area contributed by atoms with Gasteiger partial charge in [-0.2, -0.15) is 0 Å². The van der Waals surface area contributed by atoms with Crippen LogP contribution in [0.4, 0.5) is 22.0 Å². The molecule has 0 aliphatic heterocycles. The maximum atomic E-state index is 13.7. The Kier molecular flexibility index (Phi) is 3.69. The highest BCUT2D eigenvalue weighted by Crippen LogP contribution is 2.48. The van der Waals surface area contributed by atoms with Crippen LogP contribution < -0.4 is 0 Å². The summed E-state index contributed by atoms with van der Waals surface area (Å²) < 4.78 is 67.4. The van der Waals surface area contributed by atoms with Crippen molar-refractivity contribution in [2.45, 2.75) is 51.6 Å². The molecule has 1 atom stereocenters. The summed E-state index contributed by atoms with van der Waals surface area (Å²) in [7, 11) is 0. The highest BCUT2D eigenvalue weighted by atomic mass is 19.3. The van der Waals surface area contributed by atoms with Crippen LogP contribution in [0, 0.1) is 0 Å². The summed E-state index contributed by atoms with van der Waals surface area (Å²) in [4.78, 5) is 0. The van der Waals surface area contributed by atoms with Gasteiger partial charge in [0.1, 0.15) is 6.17 Å². The van der Waals surface area contributed by atoms with E-state index in [1.54, 1.807) is 0 Å². The van der Waals surface area contributed by atoms with E-state index in [9.17, 15) is 22.0 Å². The van der Waals surface area contributed by atoms with E-state index in [2.05, 4.69) is 0 Å². The maximum Gasteiger partial charge on any atom is 0.274 e. The fraction of sp³-hybridized carbons (Fsp3) is 0.667. The molecule has 0 aromatic carbocycles. The molecule has 0 saturated heterocycles. The number of allylic oxidation sites excluding steroid dienone is 4. The van der Waals surface area contributed by atoms with Crippen molar-refractivity contribution in [3.8, 4) is 0 Å². The fourth-order valence-corrected chi connectivity index (χ4v) is 2.08. The Labute approximate surface area is 97.2 Å². The van der Waals surface area contributed by atoms with Crippen LogP contribution in [0.2, 0.25) is 0 Å². The number of alkyl halides is 5. The first kappa shape index (κ1) is 14.2. The van der Waals surface area contributed by atoms with E-state index in [0.717, 1.165) is 19.9 Å². The minimum atomic E-state index is -3.38. The molecular weight excluding hydrogens is 239 g/mol. The van der Waals surface area contributed by atoms with Crippen LogP contribution in [0.25, 0.3) is 0 Å². The van der Waals surface area contributed by atoms with E-state index in [1.165, 1.54) is 6.92 Å². The van der Waals surface area contributed by atoms with Crippen molar-refractivity contribution in [1.82, 2.24) is 0 Å². The van der Waals surface area contributed by atoms with E-state index in [1.807, 2.05) is 0 Å². The Morgan fingerprint density at radius 2 is 1.65 bits per heavy atom. The number of hydrogen-bond acceptors (Lipinski definition) is 0. The Morgan fingerprint density at radius 3 is 2.06 bits per heavy atom. The first-order valence-electron chi connectivity index (χ1n) is 5.41. The van der Waals surface area contributed by atoms with Crippen molar-refractivity contribution in [2.75, 3.05) is 0 Å². The van der Waals surface area contributed by atoms with Gasteiger partial charge in [0.2, 0.25) is 0 Å². The van der Waals surface area contributed by atoms with E-state index in [0.29, 0.717) is 0 Å². The molecular formula is C12H15F5. The van der Waals surface area contributed by atoms with Gasteiger partial charge < -0.3 is 0 Å². The van der Waals surface area contributed by atoms with Crippen LogP contribution in [0.15, 0.2) is 22.8 Å². The van der Waals surface area contributed by atoms with Gasteiger partial charge in [-0.05, 0) is 26.3 Å². The second-order valence-electron chi connectivity index (χ2n) is 4.27. The summed E-state index contributed by atoms with van der Waals surface area (Å²) in [6.45, 7) is 3.39. The van der Waals surface area contributed by atoms with E-state index in [-0.39, 0.29) is 5.57 Å². The number of halogens is 5. The summed E-state index contributed by atoms with van der Waals surface area (Å²) in [5.41, 5.74) is -1.88. The van der Waals surface area contributed by atoms with E-state index >= 15 is 0 Å². The fourth-order valence-electron chi connectivity index (χ4n) is 2.08. The summed E-state index contributed by atoms with van der Waals surface area (Å²) in [6, 6.07) is 0. The van der Waals surface area contributed by atoms with Crippen LogP contribution >= 0.6 is 0 Å². The van der Waals surface area contributed by atoms with Gasteiger partial charge in [-0.25, -0.2) is 22.0 Å². The molecule has 17 heavy (non-hydrogen) atoms. The normalized spacial score (nSPS) is 26.0. The summed E-state index contributed by atoms with van der Waals surface area (Å²) in [6.07, 6.45) is -2.40. The lowest BCUT2D eigenvalue weighted by Gasteiger charge is -2.34. The quantitative estimate of drug-likeness (QED) is 0.628. The Bertz CT molecular complexity index is 363. The third-order valence-corrected chi connectivity index (χ3v) is 3.07. The molecule has 0 bridgehead atoms. The van der Waals surface area contributed by atoms with Crippen molar-refractivity contribution in [2.24, 2.45) is 0 Å². The van der Waals surface area contributed by atoms with Crippen molar-refractivity contribution < 1.29 is 22.0 Å². The summed E-state index contributed by atoms with van der Waals surface area (Å²) in [5.74, 6) is -6.66. The third-order valence-electron chi connectivity index (χ3n) is 3.07. The molecule has 0 nitrogen and oxygen atoms in total. The molecule has 5 heteroatoms. The molecule has 0 spiro atoms. The van der Waals surface area contributed by atoms with Gasteiger partial charge >= 0.3 is 0 Å². The molecule has 1 rings (SSSR count). The zero-order chi connectivity index (χ0) is 13.4. The van der Waals surface area contributed by atoms with E-state index < -0.39 is 42.0 Å². The van der Waals surface area contributed by atoms with Gasteiger partial charge in [-0.3, -0.25) is 0 Å². The molecule has 0 aromatic heterocycles.